The van der Waals surface area contributed by atoms with E-state index < -0.39 is 17.7 Å². The van der Waals surface area contributed by atoms with E-state index in [1.807, 2.05) is 0 Å². The minimum atomic E-state index is -0.889. The van der Waals surface area contributed by atoms with Crippen LogP contribution >= 0.6 is 15.9 Å². The maximum absolute atomic E-state index is 13.4. The number of anilines is 1. The van der Waals surface area contributed by atoms with Crippen LogP contribution < -0.4 is 23.8 Å². The van der Waals surface area contributed by atoms with E-state index in [1.165, 1.54) is 12.0 Å². The van der Waals surface area contributed by atoms with Crippen molar-refractivity contribution in [3.05, 3.63) is 81.8 Å². The first-order chi connectivity index (χ1) is 17.4. The Morgan fingerprint density at radius 3 is 2.33 bits per heavy atom. The van der Waals surface area contributed by atoms with E-state index in [4.69, 9.17) is 18.9 Å². The second-order valence-electron chi connectivity index (χ2n) is 8.12. The number of Topliss-reactive ketones (excluding diaryl/α,β-unsaturated/α-hetero) is 1. The summed E-state index contributed by atoms with van der Waals surface area (Å²) in [6.07, 6.45) is 0. The molecule has 184 valence electrons. The van der Waals surface area contributed by atoms with E-state index in [0.717, 1.165) is 0 Å². The van der Waals surface area contributed by atoms with Crippen molar-refractivity contribution in [2.45, 2.75) is 6.04 Å². The number of methoxy groups -OCH3 is 2. The van der Waals surface area contributed by atoms with Gasteiger partial charge in [-0.3, -0.25) is 14.5 Å². The Bertz CT molecular complexity index is 1380. The molecule has 3 aromatic carbocycles. The Morgan fingerprint density at radius 2 is 1.67 bits per heavy atom. The van der Waals surface area contributed by atoms with Gasteiger partial charge < -0.3 is 24.1 Å². The van der Waals surface area contributed by atoms with Crippen molar-refractivity contribution in [3.63, 3.8) is 0 Å². The van der Waals surface area contributed by atoms with Crippen LogP contribution in [0, 0.1) is 0 Å². The molecule has 5 rings (SSSR count). The van der Waals surface area contributed by atoms with Crippen LogP contribution in [0.5, 0.6) is 23.0 Å². The zero-order valence-electron chi connectivity index (χ0n) is 19.5. The molecule has 1 saturated heterocycles. The Labute approximate surface area is 215 Å². The summed E-state index contributed by atoms with van der Waals surface area (Å²) in [6.45, 7) is 0.809. The van der Waals surface area contributed by atoms with Gasteiger partial charge in [0.25, 0.3) is 11.7 Å². The highest BCUT2D eigenvalue weighted by atomic mass is 79.9. The maximum atomic E-state index is 13.4. The molecule has 1 atom stereocenters. The molecule has 8 nitrogen and oxygen atoms in total. The first-order valence-electron chi connectivity index (χ1n) is 11.1. The molecule has 0 spiro atoms. The first-order valence-corrected chi connectivity index (χ1v) is 11.9. The Balaban J connectivity index is 1.68. The number of aliphatic hydroxyl groups is 1. The van der Waals surface area contributed by atoms with E-state index in [9.17, 15) is 14.7 Å². The van der Waals surface area contributed by atoms with Gasteiger partial charge in [-0.05, 0) is 64.0 Å². The van der Waals surface area contributed by atoms with Gasteiger partial charge in [-0.2, -0.15) is 0 Å². The van der Waals surface area contributed by atoms with Crippen LogP contribution in [0.15, 0.2) is 70.7 Å². The molecule has 2 aliphatic heterocycles. The number of amides is 1. The molecule has 1 unspecified atom stereocenters. The average molecular weight is 552 g/mol. The SMILES string of the molecule is COc1ccc(C2/C(=C(\O)c3ccc(OC)c(Br)c3)C(=O)C(=O)N2c2ccc3c(c2)OCCO3)cc1. The zero-order valence-corrected chi connectivity index (χ0v) is 21.1. The fourth-order valence-corrected chi connectivity index (χ4v) is 4.89. The molecular formula is C27H22BrNO7. The largest absolute Gasteiger partial charge is 0.507 e. The lowest BCUT2D eigenvalue weighted by molar-refractivity contribution is -0.132. The van der Waals surface area contributed by atoms with Gasteiger partial charge in [-0.15, -0.1) is 0 Å². The molecule has 9 heteroatoms. The van der Waals surface area contributed by atoms with Gasteiger partial charge in [0.05, 0.1) is 30.3 Å². The molecule has 2 heterocycles. The smallest absolute Gasteiger partial charge is 0.300 e. The summed E-state index contributed by atoms with van der Waals surface area (Å²) in [5.74, 6) is 0.373. The Kier molecular flexibility index (Phi) is 6.32. The molecule has 0 saturated carbocycles. The van der Waals surface area contributed by atoms with Gasteiger partial charge in [0.15, 0.2) is 11.5 Å². The van der Waals surface area contributed by atoms with E-state index in [1.54, 1.807) is 67.8 Å². The quantitative estimate of drug-likeness (QED) is 0.275. The van der Waals surface area contributed by atoms with Crippen molar-refractivity contribution in [1.29, 1.82) is 0 Å². The van der Waals surface area contributed by atoms with Crippen LogP contribution in [0.25, 0.3) is 5.76 Å². The molecule has 0 aliphatic carbocycles. The van der Waals surface area contributed by atoms with Gasteiger partial charge in [0.2, 0.25) is 0 Å². The Morgan fingerprint density at radius 1 is 0.944 bits per heavy atom. The monoisotopic (exact) mass is 551 g/mol. The highest BCUT2D eigenvalue weighted by Crippen LogP contribution is 2.45. The van der Waals surface area contributed by atoms with Crippen molar-refractivity contribution < 1.29 is 33.6 Å². The van der Waals surface area contributed by atoms with Crippen LogP contribution in [0.1, 0.15) is 17.2 Å². The minimum absolute atomic E-state index is 0.0304. The second-order valence-corrected chi connectivity index (χ2v) is 8.97. The molecule has 0 aromatic heterocycles. The molecule has 36 heavy (non-hydrogen) atoms. The number of benzene rings is 3. The van der Waals surface area contributed by atoms with Gasteiger partial charge in [-0.25, -0.2) is 0 Å². The van der Waals surface area contributed by atoms with Gasteiger partial charge >= 0.3 is 0 Å². The van der Waals surface area contributed by atoms with Gasteiger partial charge in [-0.1, -0.05) is 12.1 Å². The number of hydrogen-bond acceptors (Lipinski definition) is 7. The summed E-state index contributed by atoms with van der Waals surface area (Å²) in [6, 6.07) is 16.1. The molecular weight excluding hydrogens is 530 g/mol. The summed E-state index contributed by atoms with van der Waals surface area (Å²) >= 11 is 3.41. The standard InChI is InChI=1S/C27H22BrNO7/c1-33-18-7-3-15(4-8-18)24-23(25(30)16-5-9-20(34-2)19(28)13-16)26(31)27(32)29(24)17-6-10-21-22(14-17)36-12-11-35-21/h3-10,13-14,24,30H,11-12H2,1-2H3/b25-23+. The van der Waals surface area contributed by atoms with Gasteiger partial charge in [0.1, 0.15) is 30.5 Å². The van der Waals surface area contributed by atoms with Crippen LogP contribution in [0.2, 0.25) is 0 Å². The molecule has 0 radical (unpaired) electrons. The zero-order chi connectivity index (χ0) is 25.4. The summed E-state index contributed by atoms with van der Waals surface area (Å²) in [5.41, 5.74) is 1.40. The number of hydrogen-bond donors (Lipinski definition) is 1. The third-order valence-corrected chi connectivity index (χ3v) is 6.72. The van der Waals surface area contributed by atoms with Crippen molar-refractivity contribution in [1.82, 2.24) is 0 Å². The van der Waals surface area contributed by atoms with Crippen molar-refractivity contribution >= 4 is 39.1 Å². The number of aliphatic hydroxyl groups excluding tert-OH is 1. The van der Waals surface area contributed by atoms with E-state index in [0.29, 0.717) is 57.5 Å². The van der Waals surface area contributed by atoms with E-state index in [-0.39, 0.29) is 11.3 Å². The minimum Gasteiger partial charge on any atom is -0.507 e. The van der Waals surface area contributed by atoms with Crippen LogP contribution in [0.3, 0.4) is 0 Å². The first kappa shape index (κ1) is 23.7. The topological polar surface area (TPSA) is 94.5 Å². The lowest BCUT2D eigenvalue weighted by Crippen LogP contribution is -2.29. The molecule has 1 fully saturated rings. The molecule has 3 aromatic rings. The predicted molar refractivity (Wildman–Crippen MR) is 136 cm³/mol. The second kappa shape index (κ2) is 9.58. The molecule has 2 aliphatic rings. The number of rotatable bonds is 5. The summed E-state index contributed by atoms with van der Waals surface area (Å²) in [7, 11) is 3.08. The molecule has 1 amide bonds. The highest BCUT2D eigenvalue weighted by Gasteiger charge is 2.47. The number of fused-ring (bicyclic) bond motifs is 1. The summed E-state index contributed by atoms with van der Waals surface area (Å²) in [4.78, 5) is 28.1. The van der Waals surface area contributed by atoms with Crippen LogP contribution in [-0.4, -0.2) is 44.2 Å². The molecule has 0 bridgehead atoms. The predicted octanol–water partition coefficient (Wildman–Crippen LogP) is 4.86. The number of carbonyl (C=O) groups is 2. The number of halogens is 1. The normalized spacial score (nSPS) is 18.3. The fraction of sp³-hybridized carbons (Fsp3) is 0.185. The Hall–Kier alpha value is -3.98. The summed E-state index contributed by atoms with van der Waals surface area (Å²) in [5, 5.41) is 11.3. The fourth-order valence-electron chi connectivity index (χ4n) is 4.35. The lowest BCUT2D eigenvalue weighted by Gasteiger charge is -2.27. The summed E-state index contributed by atoms with van der Waals surface area (Å²) < 4.78 is 22.4. The highest BCUT2D eigenvalue weighted by molar-refractivity contribution is 9.10. The van der Waals surface area contributed by atoms with Crippen molar-refractivity contribution in [2.75, 3.05) is 32.3 Å². The maximum Gasteiger partial charge on any atom is 0.300 e. The van der Waals surface area contributed by atoms with Gasteiger partial charge in [0, 0.05) is 17.3 Å². The van der Waals surface area contributed by atoms with Crippen LogP contribution in [0.4, 0.5) is 5.69 Å². The number of carbonyl (C=O) groups excluding carboxylic acids is 2. The molecule has 1 N–H and O–H groups in total. The van der Waals surface area contributed by atoms with Crippen LogP contribution in [-0.2, 0) is 9.59 Å². The lowest BCUT2D eigenvalue weighted by atomic mass is 9.95. The van der Waals surface area contributed by atoms with E-state index in [2.05, 4.69) is 15.9 Å². The number of ketones is 1. The number of nitrogens with zero attached hydrogens (tertiary/aromatic N) is 1. The van der Waals surface area contributed by atoms with Crippen molar-refractivity contribution in [2.24, 2.45) is 0 Å². The van der Waals surface area contributed by atoms with Crippen molar-refractivity contribution in [3.8, 4) is 23.0 Å². The third-order valence-electron chi connectivity index (χ3n) is 6.11. The third kappa shape index (κ3) is 4.05. The number of ether oxygens (including phenoxy) is 4. The van der Waals surface area contributed by atoms with E-state index >= 15 is 0 Å². The average Bonchev–Trinajstić information content (AvgIpc) is 3.18.